The van der Waals surface area contributed by atoms with Crippen molar-refractivity contribution in [3.63, 3.8) is 0 Å². The first-order valence-electron chi connectivity index (χ1n) is 15.1. The first kappa shape index (κ1) is 29.5. The van der Waals surface area contributed by atoms with Gasteiger partial charge >= 0.3 is 0 Å². The predicted octanol–water partition coefficient (Wildman–Crippen LogP) is 7.62. The summed E-state index contributed by atoms with van der Waals surface area (Å²) >= 11 is 6.21. The minimum atomic E-state index is -0.339. The molecule has 1 aliphatic heterocycles. The molecule has 1 aliphatic rings. The van der Waals surface area contributed by atoms with Gasteiger partial charge in [0.15, 0.2) is 5.43 Å². The number of aryl methyl sites for hydroxylation is 1. The Hall–Kier alpha value is -5.18. The summed E-state index contributed by atoms with van der Waals surface area (Å²) < 4.78 is 12.2. The Morgan fingerprint density at radius 1 is 0.826 bits per heavy atom. The monoisotopic (exact) mass is 630 g/mol. The van der Waals surface area contributed by atoms with Gasteiger partial charge in [0.05, 0.1) is 6.04 Å². The fourth-order valence-electron chi connectivity index (χ4n) is 6.01. The highest BCUT2D eigenvalue weighted by Crippen LogP contribution is 2.35. The van der Waals surface area contributed by atoms with E-state index < -0.39 is 0 Å². The lowest BCUT2D eigenvalue weighted by molar-refractivity contribution is 0.212. The Morgan fingerprint density at radius 3 is 2.22 bits per heavy atom. The van der Waals surface area contributed by atoms with E-state index in [9.17, 15) is 9.90 Å². The molecule has 1 N–H and O–H groups in total. The lowest BCUT2D eigenvalue weighted by atomic mass is 9.96. The minimum absolute atomic E-state index is 0.0943. The molecule has 0 bridgehead atoms. The van der Waals surface area contributed by atoms with E-state index >= 15 is 0 Å². The number of phenols is 1. The van der Waals surface area contributed by atoms with Crippen molar-refractivity contribution in [3.8, 4) is 28.7 Å². The zero-order valence-corrected chi connectivity index (χ0v) is 25.9. The Labute approximate surface area is 271 Å². The average Bonchev–Trinajstić information content (AvgIpc) is 3.06. The summed E-state index contributed by atoms with van der Waals surface area (Å²) in [7, 11) is 0. The molecular formula is C37H31ClN4O4. The Balaban J connectivity index is 1.12. The standard InChI is InChI=1S/C37H31ClN4O4/c1-24-39-34(41-16-18-42(19-17-41)37(26-10-6-3-7-11-26)27-12-14-28(38)15-13-27)23-35(40-24)45-29-20-30(43)36-31(44)22-32(46-33(36)21-29)25-8-4-2-5-9-25/h2-15,20-23,37,43H,16-19H2,1H3. The second-order valence-corrected chi connectivity index (χ2v) is 11.7. The first-order valence-corrected chi connectivity index (χ1v) is 15.5. The highest BCUT2D eigenvalue weighted by atomic mass is 35.5. The van der Waals surface area contributed by atoms with Gasteiger partial charge in [-0.05, 0) is 30.2 Å². The molecule has 0 amide bonds. The average molecular weight is 631 g/mol. The quantitative estimate of drug-likeness (QED) is 0.193. The smallest absolute Gasteiger partial charge is 0.224 e. The number of ether oxygens (including phenoxy) is 1. The molecule has 0 saturated carbocycles. The van der Waals surface area contributed by atoms with Gasteiger partial charge in [0.1, 0.15) is 39.9 Å². The van der Waals surface area contributed by atoms with E-state index in [1.54, 1.807) is 12.1 Å². The summed E-state index contributed by atoms with van der Waals surface area (Å²) in [6.07, 6.45) is 0. The van der Waals surface area contributed by atoms with Crippen LogP contribution in [0.4, 0.5) is 5.82 Å². The molecule has 230 valence electrons. The highest BCUT2D eigenvalue weighted by molar-refractivity contribution is 6.30. The number of aromatic nitrogens is 2. The van der Waals surface area contributed by atoms with Crippen LogP contribution in [0.1, 0.15) is 23.0 Å². The zero-order valence-electron chi connectivity index (χ0n) is 25.1. The number of halogens is 1. The molecule has 46 heavy (non-hydrogen) atoms. The van der Waals surface area contributed by atoms with Crippen LogP contribution in [0.5, 0.6) is 17.4 Å². The van der Waals surface area contributed by atoms with Gasteiger partial charge in [-0.25, -0.2) is 4.98 Å². The van der Waals surface area contributed by atoms with Crippen molar-refractivity contribution in [2.24, 2.45) is 0 Å². The van der Waals surface area contributed by atoms with Gasteiger partial charge in [-0.15, -0.1) is 0 Å². The minimum Gasteiger partial charge on any atom is -0.507 e. The molecule has 1 saturated heterocycles. The van der Waals surface area contributed by atoms with E-state index in [4.69, 9.17) is 25.7 Å². The topological polar surface area (TPSA) is 91.9 Å². The van der Waals surface area contributed by atoms with Crippen molar-refractivity contribution in [2.45, 2.75) is 13.0 Å². The van der Waals surface area contributed by atoms with Crippen LogP contribution in [0.2, 0.25) is 5.02 Å². The first-order chi connectivity index (χ1) is 22.4. The number of rotatable bonds is 7. The Kier molecular flexibility index (Phi) is 8.13. The van der Waals surface area contributed by atoms with Crippen LogP contribution in [0, 0.1) is 6.92 Å². The van der Waals surface area contributed by atoms with Crippen LogP contribution in [0.25, 0.3) is 22.3 Å². The van der Waals surface area contributed by atoms with Gasteiger partial charge < -0.3 is 19.2 Å². The summed E-state index contributed by atoms with van der Waals surface area (Å²) in [4.78, 5) is 26.8. The maximum Gasteiger partial charge on any atom is 0.224 e. The summed E-state index contributed by atoms with van der Waals surface area (Å²) in [6.45, 7) is 4.99. The maximum atomic E-state index is 12.9. The van der Waals surface area contributed by atoms with Crippen molar-refractivity contribution < 1.29 is 14.3 Å². The number of piperazine rings is 1. The molecule has 1 unspecified atom stereocenters. The Morgan fingerprint density at radius 2 is 1.50 bits per heavy atom. The maximum absolute atomic E-state index is 12.9. The van der Waals surface area contributed by atoms with Gasteiger partial charge in [-0.3, -0.25) is 9.69 Å². The van der Waals surface area contributed by atoms with E-state index in [1.165, 1.54) is 23.3 Å². The molecule has 2 aromatic heterocycles. The lowest BCUT2D eigenvalue weighted by Crippen LogP contribution is -2.48. The van der Waals surface area contributed by atoms with Crippen molar-refractivity contribution in [1.82, 2.24) is 14.9 Å². The van der Waals surface area contributed by atoms with Crippen molar-refractivity contribution in [2.75, 3.05) is 31.1 Å². The zero-order chi connectivity index (χ0) is 31.6. The van der Waals surface area contributed by atoms with Gasteiger partial charge in [0.2, 0.25) is 5.88 Å². The lowest BCUT2D eigenvalue weighted by Gasteiger charge is -2.40. The van der Waals surface area contributed by atoms with E-state index in [1.807, 2.05) is 55.5 Å². The van der Waals surface area contributed by atoms with Crippen molar-refractivity contribution in [1.29, 1.82) is 0 Å². The van der Waals surface area contributed by atoms with Gasteiger partial charge in [0, 0.05) is 61.0 Å². The summed E-state index contributed by atoms with van der Waals surface area (Å²) in [5, 5.41) is 11.6. The molecule has 4 aromatic carbocycles. The Bertz CT molecular complexity index is 2050. The number of benzene rings is 4. The summed E-state index contributed by atoms with van der Waals surface area (Å²) in [5.41, 5.74) is 3.07. The molecule has 0 radical (unpaired) electrons. The normalized spacial score (nSPS) is 14.3. The van der Waals surface area contributed by atoms with Gasteiger partial charge in [-0.2, -0.15) is 4.98 Å². The molecule has 1 fully saturated rings. The largest absolute Gasteiger partial charge is 0.507 e. The molecule has 3 heterocycles. The number of aromatic hydroxyl groups is 1. The molecule has 0 aliphatic carbocycles. The number of nitrogens with zero attached hydrogens (tertiary/aromatic N) is 4. The van der Waals surface area contributed by atoms with E-state index in [2.05, 4.69) is 51.2 Å². The van der Waals surface area contributed by atoms with E-state index in [0.29, 0.717) is 23.2 Å². The molecule has 9 heteroatoms. The number of phenolic OH excluding ortho intramolecular Hbond substituents is 1. The van der Waals surface area contributed by atoms with Crippen LogP contribution in [0.3, 0.4) is 0 Å². The SMILES string of the molecule is Cc1nc(Oc2cc(O)c3c(=O)cc(-c4ccccc4)oc3c2)cc(N2CCN(C(c3ccccc3)c3ccc(Cl)cc3)CC2)n1. The highest BCUT2D eigenvalue weighted by Gasteiger charge is 2.27. The molecule has 1 atom stereocenters. The van der Waals surface area contributed by atoms with Crippen LogP contribution in [-0.4, -0.2) is 46.2 Å². The molecule has 8 nitrogen and oxygen atoms in total. The fraction of sp³-hybridized carbons (Fsp3) is 0.162. The van der Waals surface area contributed by atoms with Crippen LogP contribution < -0.4 is 15.1 Å². The third-order valence-electron chi connectivity index (χ3n) is 8.17. The predicted molar refractivity (Wildman–Crippen MR) is 180 cm³/mol. The molecular weight excluding hydrogens is 600 g/mol. The summed E-state index contributed by atoms with van der Waals surface area (Å²) in [5.74, 6) is 2.11. The second kappa shape index (κ2) is 12.7. The third-order valence-corrected chi connectivity index (χ3v) is 8.42. The molecule has 6 aromatic rings. The van der Waals surface area contributed by atoms with Crippen LogP contribution in [0.15, 0.2) is 118 Å². The number of fused-ring (bicyclic) bond motifs is 1. The van der Waals surface area contributed by atoms with Gasteiger partial charge in [0.25, 0.3) is 0 Å². The number of hydrogen-bond donors (Lipinski definition) is 1. The number of anilines is 1. The van der Waals surface area contributed by atoms with E-state index in [0.717, 1.165) is 42.6 Å². The molecule has 7 rings (SSSR count). The molecule has 0 spiro atoms. The van der Waals surface area contributed by atoms with E-state index in [-0.39, 0.29) is 28.2 Å². The van der Waals surface area contributed by atoms with Crippen LogP contribution >= 0.6 is 11.6 Å². The van der Waals surface area contributed by atoms with Crippen molar-refractivity contribution in [3.05, 3.63) is 141 Å². The fourth-order valence-corrected chi connectivity index (χ4v) is 6.14. The van der Waals surface area contributed by atoms with Crippen molar-refractivity contribution >= 4 is 28.4 Å². The van der Waals surface area contributed by atoms with Gasteiger partial charge in [-0.1, -0.05) is 84.4 Å². The second-order valence-electron chi connectivity index (χ2n) is 11.3. The summed E-state index contributed by atoms with van der Waals surface area (Å²) in [6, 6.07) is 34.2. The number of hydrogen-bond acceptors (Lipinski definition) is 8. The van der Waals surface area contributed by atoms with Crippen LogP contribution in [-0.2, 0) is 0 Å². The third kappa shape index (κ3) is 6.18.